The highest BCUT2D eigenvalue weighted by Crippen LogP contribution is 2.32. The molecule has 0 radical (unpaired) electrons. The Morgan fingerprint density at radius 1 is 1.37 bits per heavy atom. The summed E-state index contributed by atoms with van der Waals surface area (Å²) < 4.78 is 6.57. The maximum atomic E-state index is 12.0. The lowest BCUT2D eigenvalue weighted by molar-refractivity contribution is 0.0738. The molecular weight excluding hydrogens is 324 g/mol. The number of halogens is 1. The molecule has 0 N–H and O–H groups in total. The molecule has 0 fully saturated rings. The summed E-state index contributed by atoms with van der Waals surface area (Å²) in [7, 11) is 0. The maximum Gasteiger partial charge on any atom is 0.353 e. The molecule has 0 bridgehead atoms. The monoisotopic (exact) mass is 338 g/mol. The minimum atomic E-state index is -0.293. The minimum Gasteiger partial charge on any atom is -0.422 e. The maximum absolute atomic E-state index is 12.0. The second kappa shape index (κ2) is 5.88. The first-order chi connectivity index (χ1) is 8.99. The van der Waals surface area contributed by atoms with Gasteiger partial charge in [0.15, 0.2) is 0 Å². The van der Waals surface area contributed by atoms with E-state index in [1.165, 1.54) is 11.3 Å². The van der Waals surface area contributed by atoms with Gasteiger partial charge in [-0.2, -0.15) is 0 Å². The molecule has 1 aromatic carbocycles. The summed E-state index contributed by atoms with van der Waals surface area (Å²) in [5, 5.41) is 1.87. The second-order valence-electron chi connectivity index (χ2n) is 4.66. The fourth-order valence-corrected chi connectivity index (χ4v) is 2.71. The SMILES string of the molecule is Cc1cc(OC(=O)c2cccs2)c(C(C)C)cc1Br. The summed E-state index contributed by atoms with van der Waals surface area (Å²) >= 11 is 4.90. The van der Waals surface area contributed by atoms with E-state index in [2.05, 4.69) is 29.8 Å². The molecule has 1 aromatic heterocycles. The van der Waals surface area contributed by atoms with Crippen molar-refractivity contribution in [2.45, 2.75) is 26.7 Å². The molecule has 2 aromatic rings. The molecule has 0 saturated heterocycles. The highest BCUT2D eigenvalue weighted by atomic mass is 79.9. The molecule has 0 aliphatic carbocycles. The molecule has 100 valence electrons. The van der Waals surface area contributed by atoms with Crippen LogP contribution in [0.15, 0.2) is 34.1 Å². The normalized spacial score (nSPS) is 10.8. The van der Waals surface area contributed by atoms with Gasteiger partial charge in [-0.05, 0) is 47.5 Å². The lowest BCUT2D eigenvalue weighted by Crippen LogP contribution is -2.09. The van der Waals surface area contributed by atoms with E-state index in [4.69, 9.17) is 4.74 Å². The summed E-state index contributed by atoms with van der Waals surface area (Å²) in [5.41, 5.74) is 2.08. The third-order valence-electron chi connectivity index (χ3n) is 2.84. The van der Waals surface area contributed by atoms with Gasteiger partial charge >= 0.3 is 5.97 Å². The zero-order valence-corrected chi connectivity index (χ0v) is 13.5. The van der Waals surface area contributed by atoms with Gasteiger partial charge in [0.25, 0.3) is 0 Å². The molecule has 0 unspecified atom stereocenters. The van der Waals surface area contributed by atoms with Gasteiger partial charge in [-0.15, -0.1) is 11.3 Å². The first kappa shape index (κ1) is 14.3. The van der Waals surface area contributed by atoms with Crippen LogP contribution in [0.4, 0.5) is 0 Å². The van der Waals surface area contributed by atoms with Crippen molar-refractivity contribution in [3.05, 3.63) is 50.1 Å². The van der Waals surface area contributed by atoms with Crippen molar-refractivity contribution in [1.82, 2.24) is 0 Å². The smallest absolute Gasteiger partial charge is 0.353 e. The largest absolute Gasteiger partial charge is 0.422 e. The average molecular weight is 339 g/mol. The highest BCUT2D eigenvalue weighted by Gasteiger charge is 2.15. The number of thiophene rings is 1. The van der Waals surface area contributed by atoms with Crippen LogP contribution < -0.4 is 4.74 Å². The van der Waals surface area contributed by atoms with E-state index >= 15 is 0 Å². The molecule has 2 rings (SSSR count). The van der Waals surface area contributed by atoms with E-state index < -0.39 is 0 Å². The van der Waals surface area contributed by atoms with Gasteiger partial charge in [0, 0.05) is 4.47 Å². The summed E-state index contributed by atoms with van der Waals surface area (Å²) in [5.74, 6) is 0.649. The van der Waals surface area contributed by atoms with Gasteiger partial charge in [0.2, 0.25) is 0 Å². The van der Waals surface area contributed by atoms with Crippen molar-refractivity contribution in [3.63, 3.8) is 0 Å². The Balaban J connectivity index is 2.34. The van der Waals surface area contributed by atoms with E-state index in [0.29, 0.717) is 16.5 Å². The van der Waals surface area contributed by atoms with E-state index in [1.54, 1.807) is 6.07 Å². The highest BCUT2D eigenvalue weighted by molar-refractivity contribution is 9.10. The molecule has 0 aliphatic rings. The van der Waals surface area contributed by atoms with Gasteiger partial charge in [-0.25, -0.2) is 4.79 Å². The zero-order valence-electron chi connectivity index (χ0n) is 11.1. The number of ether oxygens (including phenoxy) is 1. The van der Waals surface area contributed by atoms with Gasteiger partial charge in [0.1, 0.15) is 10.6 Å². The third kappa shape index (κ3) is 3.25. The van der Waals surface area contributed by atoms with E-state index in [9.17, 15) is 4.79 Å². The number of carbonyl (C=O) groups excluding carboxylic acids is 1. The Bertz CT molecular complexity index is 588. The Morgan fingerprint density at radius 2 is 2.11 bits per heavy atom. The number of hydrogen-bond donors (Lipinski definition) is 0. The van der Waals surface area contributed by atoms with Crippen LogP contribution in [0.5, 0.6) is 5.75 Å². The lowest BCUT2D eigenvalue weighted by Gasteiger charge is -2.14. The molecule has 0 amide bonds. The van der Waals surface area contributed by atoms with Crippen molar-refractivity contribution >= 4 is 33.2 Å². The standard InChI is InChI=1S/C15H15BrO2S/c1-9(2)11-8-12(16)10(3)7-13(11)18-15(17)14-5-4-6-19-14/h4-9H,1-3H3. The van der Waals surface area contributed by atoms with E-state index in [0.717, 1.165) is 15.6 Å². The Morgan fingerprint density at radius 3 is 2.68 bits per heavy atom. The summed E-state index contributed by atoms with van der Waals surface area (Å²) in [6.07, 6.45) is 0. The lowest BCUT2D eigenvalue weighted by atomic mass is 10.0. The van der Waals surface area contributed by atoms with Crippen LogP contribution in [0.3, 0.4) is 0 Å². The summed E-state index contributed by atoms with van der Waals surface area (Å²) in [6.45, 7) is 6.15. The number of rotatable bonds is 3. The Kier molecular flexibility index (Phi) is 4.42. The van der Waals surface area contributed by atoms with Gasteiger partial charge in [-0.3, -0.25) is 0 Å². The zero-order chi connectivity index (χ0) is 14.0. The molecular formula is C15H15BrO2S. The Hall–Kier alpha value is -1.13. The summed E-state index contributed by atoms with van der Waals surface area (Å²) in [4.78, 5) is 12.6. The Labute approximate surface area is 125 Å². The van der Waals surface area contributed by atoms with E-state index in [1.807, 2.05) is 30.5 Å². The van der Waals surface area contributed by atoms with Crippen LogP contribution in [0.1, 0.15) is 40.6 Å². The predicted octanol–water partition coefficient (Wildman–Crippen LogP) is 5.16. The fraction of sp³-hybridized carbons (Fsp3) is 0.267. The number of aryl methyl sites for hydroxylation is 1. The molecule has 1 heterocycles. The minimum absolute atomic E-state index is 0.293. The fourth-order valence-electron chi connectivity index (χ4n) is 1.75. The number of benzene rings is 1. The van der Waals surface area contributed by atoms with Crippen molar-refractivity contribution in [2.24, 2.45) is 0 Å². The van der Waals surface area contributed by atoms with Crippen molar-refractivity contribution in [1.29, 1.82) is 0 Å². The van der Waals surface area contributed by atoms with Crippen molar-refractivity contribution in [3.8, 4) is 5.75 Å². The van der Waals surface area contributed by atoms with Crippen LogP contribution in [0.25, 0.3) is 0 Å². The molecule has 0 atom stereocenters. The third-order valence-corrected chi connectivity index (χ3v) is 4.54. The number of hydrogen-bond acceptors (Lipinski definition) is 3. The molecule has 4 heteroatoms. The van der Waals surface area contributed by atoms with Crippen LogP contribution in [0.2, 0.25) is 0 Å². The van der Waals surface area contributed by atoms with E-state index in [-0.39, 0.29) is 5.97 Å². The molecule has 2 nitrogen and oxygen atoms in total. The second-order valence-corrected chi connectivity index (χ2v) is 6.46. The van der Waals surface area contributed by atoms with Gasteiger partial charge < -0.3 is 4.74 Å². The van der Waals surface area contributed by atoms with Crippen molar-refractivity contribution < 1.29 is 9.53 Å². The van der Waals surface area contributed by atoms with Crippen LogP contribution in [-0.4, -0.2) is 5.97 Å². The van der Waals surface area contributed by atoms with Gasteiger partial charge in [0.05, 0.1) is 0 Å². The predicted molar refractivity (Wildman–Crippen MR) is 82.2 cm³/mol. The van der Waals surface area contributed by atoms with Gasteiger partial charge in [-0.1, -0.05) is 35.8 Å². The summed E-state index contributed by atoms with van der Waals surface area (Å²) in [6, 6.07) is 7.55. The van der Waals surface area contributed by atoms with Crippen LogP contribution in [-0.2, 0) is 0 Å². The molecule has 0 aliphatic heterocycles. The quantitative estimate of drug-likeness (QED) is 0.570. The van der Waals surface area contributed by atoms with Crippen molar-refractivity contribution in [2.75, 3.05) is 0 Å². The molecule has 19 heavy (non-hydrogen) atoms. The van der Waals surface area contributed by atoms with Crippen LogP contribution >= 0.6 is 27.3 Å². The number of esters is 1. The molecule has 0 saturated carbocycles. The molecule has 0 spiro atoms. The number of carbonyl (C=O) groups is 1. The first-order valence-corrected chi connectivity index (χ1v) is 7.72. The topological polar surface area (TPSA) is 26.3 Å². The average Bonchev–Trinajstić information content (AvgIpc) is 2.86. The first-order valence-electron chi connectivity index (χ1n) is 6.04. The van der Waals surface area contributed by atoms with Crippen LogP contribution in [0, 0.1) is 6.92 Å².